The monoisotopic (exact) mass is 396 g/mol. The van der Waals surface area contributed by atoms with Crippen LogP contribution in [0, 0.1) is 0 Å². The Balaban J connectivity index is 1.69. The van der Waals surface area contributed by atoms with E-state index in [0.29, 0.717) is 22.4 Å². The van der Waals surface area contributed by atoms with Gasteiger partial charge in [-0.15, -0.1) is 10.2 Å². The van der Waals surface area contributed by atoms with Crippen LogP contribution < -0.4 is 4.74 Å². The van der Waals surface area contributed by atoms with Crippen LogP contribution in [-0.4, -0.2) is 21.1 Å². The predicted molar refractivity (Wildman–Crippen MR) is 108 cm³/mol. The largest absolute Gasteiger partial charge is 0.488 e. The van der Waals surface area contributed by atoms with E-state index in [1.165, 1.54) is 17.3 Å². The third-order valence-corrected chi connectivity index (χ3v) is 4.64. The van der Waals surface area contributed by atoms with Crippen molar-refractivity contribution in [3.63, 3.8) is 0 Å². The van der Waals surface area contributed by atoms with Crippen molar-refractivity contribution < 1.29 is 4.74 Å². The van der Waals surface area contributed by atoms with E-state index >= 15 is 0 Å². The lowest BCUT2D eigenvalue weighted by molar-refractivity contribution is 0.306. The van der Waals surface area contributed by atoms with Crippen LogP contribution >= 0.6 is 23.2 Å². The van der Waals surface area contributed by atoms with E-state index in [2.05, 4.69) is 15.3 Å². The van der Waals surface area contributed by atoms with E-state index in [4.69, 9.17) is 27.9 Å². The van der Waals surface area contributed by atoms with Gasteiger partial charge < -0.3 is 4.74 Å². The van der Waals surface area contributed by atoms with Gasteiger partial charge in [-0.2, -0.15) is 5.10 Å². The van der Waals surface area contributed by atoms with E-state index in [1.807, 2.05) is 42.5 Å². The highest BCUT2D eigenvalue weighted by molar-refractivity contribution is 6.35. The number of ether oxygens (including phenoxy) is 1. The van der Waals surface area contributed by atoms with Gasteiger partial charge in [0.05, 0.1) is 6.21 Å². The molecule has 4 rings (SSSR count). The molecule has 0 saturated heterocycles. The summed E-state index contributed by atoms with van der Waals surface area (Å²) in [5.41, 5.74) is 1.72. The van der Waals surface area contributed by atoms with Crippen molar-refractivity contribution in [1.82, 2.24) is 14.9 Å². The van der Waals surface area contributed by atoms with Crippen LogP contribution in [0.3, 0.4) is 0 Å². The number of halogens is 2. The van der Waals surface area contributed by atoms with Gasteiger partial charge in [-0.25, -0.2) is 4.68 Å². The van der Waals surface area contributed by atoms with Gasteiger partial charge in [0.1, 0.15) is 25.0 Å². The number of benzene rings is 3. The molecule has 7 heteroatoms. The quantitative estimate of drug-likeness (QED) is 0.435. The zero-order valence-electron chi connectivity index (χ0n) is 14.1. The lowest BCUT2D eigenvalue weighted by Crippen LogP contribution is -2.00. The molecule has 0 radical (unpaired) electrons. The average molecular weight is 397 g/mol. The molecular formula is C20H14Cl2N4O. The molecule has 0 bridgehead atoms. The number of aromatic nitrogens is 3. The summed E-state index contributed by atoms with van der Waals surface area (Å²) < 4.78 is 7.59. The molecule has 4 aromatic rings. The zero-order chi connectivity index (χ0) is 18.6. The summed E-state index contributed by atoms with van der Waals surface area (Å²) in [6.07, 6.45) is 4.79. The maximum atomic E-state index is 6.25. The smallest absolute Gasteiger partial charge is 0.141 e. The maximum Gasteiger partial charge on any atom is 0.141 e. The molecule has 0 aliphatic carbocycles. The molecule has 3 aromatic carbocycles. The minimum Gasteiger partial charge on any atom is -0.488 e. The molecule has 0 amide bonds. The summed E-state index contributed by atoms with van der Waals surface area (Å²) >= 11 is 12.2. The summed E-state index contributed by atoms with van der Waals surface area (Å²) in [6, 6.07) is 17.4. The van der Waals surface area contributed by atoms with E-state index in [9.17, 15) is 0 Å². The van der Waals surface area contributed by atoms with Gasteiger partial charge in [0, 0.05) is 21.2 Å². The van der Waals surface area contributed by atoms with Gasteiger partial charge >= 0.3 is 0 Å². The Morgan fingerprint density at radius 2 is 1.81 bits per heavy atom. The fraction of sp³-hybridized carbons (Fsp3) is 0.0500. The second kappa shape index (κ2) is 7.78. The first-order valence-electron chi connectivity index (χ1n) is 8.18. The Hall–Kier alpha value is -2.89. The highest BCUT2D eigenvalue weighted by atomic mass is 35.5. The lowest BCUT2D eigenvalue weighted by atomic mass is 10.0. The molecule has 0 unspecified atom stereocenters. The van der Waals surface area contributed by atoms with Crippen LogP contribution in [0.15, 0.2) is 72.4 Å². The number of fused-ring (bicyclic) bond motifs is 1. The minimum absolute atomic E-state index is 0.321. The van der Waals surface area contributed by atoms with E-state index in [1.54, 1.807) is 18.3 Å². The molecule has 27 heavy (non-hydrogen) atoms. The fourth-order valence-electron chi connectivity index (χ4n) is 2.71. The van der Waals surface area contributed by atoms with Gasteiger partial charge in [0.15, 0.2) is 0 Å². The van der Waals surface area contributed by atoms with E-state index < -0.39 is 0 Å². The predicted octanol–water partition coefficient (Wildman–Crippen LogP) is 5.20. The Kier molecular flexibility index (Phi) is 5.05. The molecule has 1 aromatic heterocycles. The third-order valence-electron chi connectivity index (χ3n) is 4.06. The first-order chi connectivity index (χ1) is 13.2. The standard InChI is InChI=1S/C20H14Cl2N4O/c21-16-7-5-15(19(22)9-16)11-27-20-8-6-14-3-1-2-4-17(14)18(20)10-25-26-12-23-24-13-26/h1-10,12-13H,11H2/b25-10+. The summed E-state index contributed by atoms with van der Waals surface area (Å²) in [6.45, 7) is 0.321. The number of hydrogen-bond donors (Lipinski definition) is 0. The number of rotatable bonds is 5. The Morgan fingerprint density at radius 3 is 2.63 bits per heavy atom. The van der Waals surface area contributed by atoms with Crippen LogP contribution in [0.2, 0.25) is 10.0 Å². The summed E-state index contributed by atoms with van der Waals surface area (Å²) in [5.74, 6) is 0.705. The van der Waals surface area contributed by atoms with Gasteiger partial charge in [0.25, 0.3) is 0 Å². The topological polar surface area (TPSA) is 52.3 Å². The Morgan fingerprint density at radius 1 is 1.00 bits per heavy atom. The first kappa shape index (κ1) is 17.5. The van der Waals surface area contributed by atoms with Crippen molar-refractivity contribution in [2.45, 2.75) is 6.61 Å². The lowest BCUT2D eigenvalue weighted by Gasteiger charge is -2.12. The number of hydrogen-bond acceptors (Lipinski definition) is 4. The summed E-state index contributed by atoms with van der Waals surface area (Å²) in [5, 5.41) is 15.2. The van der Waals surface area contributed by atoms with Crippen molar-refractivity contribution in [1.29, 1.82) is 0 Å². The molecule has 0 N–H and O–H groups in total. The van der Waals surface area contributed by atoms with Crippen molar-refractivity contribution in [2.24, 2.45) is 5.10 Å². The molecule has 0 aliphatic rings. The Labute approximate surface area is 165 Å². The van der Waals surface area contributed by atoms with Gasteiger partial charge in [-0.3, -0.25) is 0 Å². The minimum atomic E-state index is 0.321. The van der Waals surface area contributed by atoms with Gasteiger partial charge in [-0.1, -0.05) is 59.6 Å². The SMILES string of the molecule is Clc1ccc(COc2ccc3ccccc3c2/C=N/n2cnnc2)c(Cl)c1. The van der Waals surface area contributed by atoms with Crippen LogP contribution in [0.1, 0.15) is 11.1 Å². The molecule has 0 aliphatic heterocycles. The average Bonchev–Trinajstić information content (AvgIpc) is 3.19. The fourth-order valence-corrected chi connectivity index (χ4v) is 3.17. The molecule has 1 heterocycles. The van der Waals surface area contributed by atoms with Crippen LogP contribution in [0.4, 0.5) is 0 Å². The second-order valence-electron chi connectivity index (χ2n) is 5.81. The van der Waals surface area contributed by atoms with Crippen LogP contribution in [-0.2, 0) is 6.61 Å². The van der Waals surface area contributed by atoms with E-state index in [-0.39, 0.29) is 0 Å². The molecule has 0 saturated carbocycles. The summed E-state index contributed by atoms with van der Waals surface area (Å²) in [4.78, 5) is 0. The molecular weight excluding hydrogens is 383 g/mol. The Bertz CT molecular complexity index is 1110. The van der Waals surface area contributed by atoms with E-state index in [0.717, 1.165) is 21.9 Å². The van der Waals surface area contributed by atoms with Crippen LogP contribution in [0.25, 0.3) is 10.8 Å². The molecule has 5 nitrogen and oxygen atoms in total. The maximum absolute atomic E-state index is 6.25. The van der Waals surface area contributed by atoms with Gasteiger partial charge in [-0.05, 0) is 29.0 Å². The zero-order valence-corrected chi connectivity index (χ0v) is 15.6. The summed E-state index contributed by atoms with van der Waals surface area (Å²) in [7, 11) is 0. The molecule has 0 spiro atoms. The first-order valence-corrected chi connectivity index (χ1v) is 8.94. The third kappa shape index (κ3) is 3.94. The number of nitrogens with zero attached hydrogens (tertiary/aromatic N) is 4. The van der Waals surface area contributed by atoms with Crippen molar-refractivity contribution in [3.8, 4) is 5.75 Å². The molecule has 0 atom stereocenters. The van der Waals surface area contributed by atoms with Crippen LogP contribution in [0.5, 0.6) is 5.75 Å². The van der Waals surface area contributed by atoms with Crippen molar-refractivity contribution in [3.05, 3.63) is 88.4 Å². The highest BCUT2D eigenvalue weighted by Crippen LogP contribution is 2.29. The second-order valence-corrected chi connectivity index (χ2v) is 6.65. The highest BCUT2D eigenvalue weighted by Gasteiger charge is 2.09. The molecule has 134 valence electrons. The van der Waals surface area contributed by atoms with Crippen molar-refractivity contribution in [2.75, 3.05) is 0 Å². The van der Waals surface area contributed by atoms with Crippen molar-refractivity contribution >= 4 is 40.2 Å². The normalized spacial score (nSPS) is 11.3. The van der Waals surface area contributed by atoms with Gasteiger partial charge in [0.2, 0.25) is 0 Å². The molecule has 0 fully saturated rings.